The number of benzene rings is 1. The van der Waals surface area contributed by atoms with E-state index in [-0.39, 0.29) is 5.78 Å². The van der Waals surface area contributed by atoms with Gasteiger partial charge in [0.05, 0.1) is 18.4 Å². The highest BCUT2D eigenvalue weighted by Gasteiger charge is 2.27. The lowest BCUT2D eigenvalue weighted by molar-refractivity contribution is 0.0599. The van der Waals surface area contributed by atoms with Crippen LogP contribution in [0.1, 0.15) is 45.1 Å². The first-order valence-corrected chi connectivity index (χ1v) is 8.58. The van der Waals surface area contributed by atoms with E-state index in [2.05, 4.69) is 20.4 Å². The Balaban J connectivity index is 1.90. The van der Waals surface area contributed by atoms with E-state index in [1.165, 1.54) is 11.9 Å². The SMILES string of the molecule is COC(=O)c1c(C)[nH]c(C(=O)[C@H](C)n2nnc(-c3cccc(Cl)c3)n2)c1C. The molecule has 0 amide bonds. The molecule has 0 unspecified atom stereocenters. The summed E-state index contributed by atoms with van der Waals surface area (Å²) >= 11 is 5.99. The molecule has 140 valence electrons. The maximum absolute atomic E-state index is 12.9. The summed E-state index contributed by atoms with van der Waals surface area (Å²) in [4.78, 5) is 29.0. The van der Waals surface area contributed by atoms with Crippen LogP contribution in [-0.2, 0) is 4.74 Å². The lowest BCUT2D eigenvalue weighted by atomic mass is 10.1. The average molecular weight is 388 g/mol. The number of aromatic amines is 1. The number of halogens is 1. The van der Waals surface area contributed by atoms with Crippen LogP contribution < -0.4 is 0 Å². The lowest BCUT2D eigenvalue weighted by Gasteiger charge is -2.08. The van der Waals surface area contributed by atoms with Crippen molar-refractivity contribution < 1.29 is 14.3 Å². The molecule has 0 aliphatic carbocycles. The molecule has 0 saturated carbocycles. The van der Waals surface area contributed by atoms with Crippen molar-refractivity contribution in [1.82, 2.24) is 25.2 Å². The van der Waals surface area contributed by atoms with Crippen LogP contribution in [0.25, 0.3) is 11.4 Å². The Morgan fingerprint density at radius 1 is 1.30 bits per heavy atom. The molecule has 1 N–H and O–H groups in total. The molecule has 27 heavy (non-hydrogen) atoms. The molecule has 0 radical (unpaired) electrons. The minimum absolute atomic E-state index is 0.263. The summed E-state index contributed by atoms with van der Waals surface area (Å²) < 4.78 is 4.78. The summed E-state index contributed by atoms with van der Waals surface area (Å²) in [6.45, 7) is 5.08. The normalized spacial score (nSPS) is 12.0. The zero-order valence-corrected chi connectivity index (χ0v) is 16.0. The van der Waals surface area contributed by atoms with Gasteiger partial charge in [-0.05, 0) is 43.7 Å². The van der Waals surface area contributed by atoms with Crippen molar-refractivity contribution in [2.45, 2.75) is 26.8 Å². The molecule has 0 aliphatic heterocycles. The van der Waals surface area contributed by atoms with Gasteiger partial charge in [-0.2, -0.15) is 4.80 Å². The Morgan fingerprint density at radius 2 is 2.04 bits per heavy atom. The number of ketones is 1. The van der Waals surface area contributed by atoms with E-state index in [9.17, 15) is 9.59 Å². The molecule has 2 aromatic heterocycles. The van der Waals surface area contributed by atoms with Crippen molar-refractivity contribution in [3.8, 4) is 11.4 Å². The second-order valence-electron chi connectivity index (χ2n) is 6.10. The quantitative estimate of drug-likeness (QED) is 0.532. The van der Waals surface area contributed by atoms with Gasteiger partial charge >= 0.3 is 5.97 Å². The van der Waals surface area contributed by atoms with Crippen molar-refractivity contribution in [3.63, 3.8) is 0 Å². The fourth-order valence-electron chi connectivity index (χ4n) is 2.85. The van der Waals surface area contributed by atoms with Crippen molar-refractivity contribution in [1.29, 1.82) is 0 Å². The largest absolute Gasteiger partial charge is 0.465 e. The average Bonchev–Trinajstić information content (AvgIpc) is 3.25. The standard InChI is InChI=1S/C18H18ClN5O3/c1-9-14(18(26)27-4)10(2)20-15(9)16(25)11(3)24-22-17(21-23-24)12-6-5-7-13(19)8-12/h5-8,11,20H,1-4H3/t11-/m0/s1. The number of hydrogen-bond acceptors (Lipinski definition) is 6. The summed E-state index contributed by atoms with van der Waals surface area (Å²) in [5.74, 6) is -0.386. The summed E-state index contributed by atoms with van der Waals surface area (Å²) in [6, 6.07) is 6.34. The minimum atomic E-state index is -0.715. The third kappa shape index (κ3) is 3.48. The van der Waals surface area contributed by atoms with E-state index in [1.54, 1.807) is 45.0 Å². The van der Waals surface area contributed by atoms with Gasteiger partial charge in [-0.15, -0.1) is 10.2 Å². The molecule has 2 heterocycles. The molecule has 0 aliphatic rings. The maximum Gasteiger partial charge on any atom is 0.339 e. The van der Waals surface area contributed by atoms with Crippen LogP contribution in [0.15, 0.2) is 24.3 Å². The Labute approximate surface area is 160 Å². The molecule has 3 aromatic rings. The number of nitrogens with zero attached hydrogens (tertiary/aromatic N) is 4. The summed E-state index contributed by atoms with van der Waals surface area (Å²) in [5.41, 5.74) is 2.49. The highest BCUT2D eigenvalue weighted by Crippen LogP contribution is 2.23. The lowest BCUT2D eigenvalue weighted by Crippen LogP contribution is -2.20. The summed E-state index contributed by atoms with van der Waals surface area (Å²) in [6.07, 6.45) is 0. The summed E-state index contributed by atoms with van der Waals surface area (Å²) in [5, 5.41) is 12.8. The zero-order valence-electron chi connectivity index (χ0n) is 15.3. The van der Waals surface area contributed by atoms with Crippen LogP contribution in [0.4, 0.5) is 0 Å². The number of rotatable bonds is 5. The number of Topliss-reactive ketones (excluding diaryl/α,β-unsaturated/α-hetero) is 1. The van der Waals surface area contributed by atoms with Gasteiger partial charge in [-0.25, -0.2) is 4.79 Å². The molecule has 0 spiro atoms. The third-order valence-corrected chi connectivity index (χ3v) is 4.55. The molecule has 9 heteroatoms. The van der Waals surface area contributed by atoms with Crippen LogP contribution in [0.5, 0.6) is 0 Å². The summed E-state index contributed by atoms with van der Waals surface area (Å²) in [7, 11) is 1.30. The molecular weight excluding hydrogens is 370 g/mol. The van der Waals surface area contributed by atoms with Crippen molar-refractivity contribution in [2.24, 2.45) is 0 Å². The second kappa shape index (κ2) is 7.32. The molecule has 8 nitrogen and oxygen atoms in total. The van der Waals surface area contributed by atoms with Gasteiger partial charge in [-0.1, -0.05) is 23.7 Å². The van der Waals surface area contributed by atoms with Crippen LogP contribution in [0.2, 0.25) is 5.02 Å². The van der Waals surface area contributed by atoms with E-state index in [0.29, 0.717) is 38.9 Å². The Hall–Kier alpha value is -3.00. The number of carbonyl (C=O) groups excluding carboxylic acids is 2. The molecule has 0 bridgehead atoms. The first-order chi connectivity index (χ1) is 12.8. The van der Waals surface area contributed by atoms with Gasteiger partial charge in [0.25, 0.3) is 0 Å². The van der Waals surface area contributed by atoms with Gasteiger partial charge in [0, 0.05) is 16.3 Å². The van der Waals surface area contributed by atoms with Crippen LogP contribution in [-0.4, -0.2) is 44.1 Å². The topological polar surface area (TPSA) is 103 Å². The first kappa shape index (κ1) is 18.8. The second-order valence-corrected chi connectivity index (χ2v) is 6.54. The number of H-pyrrole nitrogens is 1. The van der Waals surface area contributed by atoms with Gasteiger partial charge < -0.3 is 9.72 Å². The Kier molecular flexibility index (Phi) is 5.09. The molecule has 0 fully saturated rings. The van der Waals surface area contributed by atoms with Crippen molar-refractivity contribution in [2.75, 3.05) is 7.11 Å². The van der Waals surface area contributed by atoms with Crippen LogP contribution in [0.3, 0.4) is 0 Å². The molecule has 1 atom stereocenters. The van der Waals surface area contributed by atoms with Crippen LogP contribution in [0, 0.1) is 13.8 Å². The highest BCUT2D eigenvalue weighted by molar-refractivity contribution is 6.30. The number of nitrogens with one attached hydrogen (secondary N) is 1. The van der Waals surface area contributed by atoms with Gasteiger partial charge in [0.2, 0.25) is 11.6 Å². The number of aromatic nitrogens is 5. The monoisotopic (exact) mass is 387 g/mol. The smallest absolute Gasteiger partial charge is 0.339 e. The predicted molar refractivity (Wildman–Crippen MR) is 98.9 cm³/mol. The Morgan fingerprint density at radius 3 is 2.70 bits per heavy atom. The van der Waals surface area contributed by atoms with E-state index < -0.39 is 12.0 Å². The zero-order chi connectivity index (χ0) is 19.7. The van der Waals surface area contributed by atoms with Crippen molar-refractivity contribution in [3.05, 3.63) is 51.8 Å². The molecular formula is C18H18ClN5O3. The maximum atomic E-state index is 12.9. The minimum Gasteiger partial charge on any atom is -0.465 e. The number of methoxy groups -OCH3 is 1. The number of aryl methyl sites for hydroxylation is 1. The fourth-order valence-corrected chi connectivity index (χ4v) is 3.04. The molecule has 0 saturated heterocycles. The number of esters is 1. The van der Waals surface area contributed by atoms with E-state index in [4.69, 9.17) is 16.3 Å². The van der Waals surface area contributed by atoms with E-state index in [1.807, 2.05) is 0 Å². The first-order valence-electron chi connectivity index (χ1n) is 8.20. The van der Waals surface area contributed by atoms with Crippen molar-refractivity contribution >= 4 is 23.4 Å². The number of carbonyl (C=O) groups is 2. The Bertz CT molecular complexity index is 1020. The number of ether oxygens (including phenoxy) is 1. The van der Waals surface area contributed by atoms with Gasteiger partial charge in [-0.3, -0.25) is 4.79 Å². The van der Waals surface area contributed by atoms with Crippen LogP contribution >= 0.6 is 11.6 Å². The van der Waals surface area contributed by atoms with Gasteiger partial charge in [0.15, 0.2) is 0 Å². The van der Waals surface area contributed by atoms with E-state index in [0.717, 1.165) is 0 Å². The van der Waals surface area contributed by atoms with Gasteiger partial charge in [0.1, 0.15) is 6.04 Å². The number of hydrogen-bond donors (Lipinski definition) is 1. The molecule has 3 rings (SSSR count). The fraction of sp³-hybridized carbons (Fsp3) is 0.278. The highest BCUT2D eigenvalue weighted by atomic mass is 35.5. The molecule has 1 aromatic carbocycles. The number of tetrazole rings is 1. The predicted octanol–water partition coefficient (Wildman–Crippen LogP) is 3.17. The van der Waals surface area contributed by atoms with E-state index >= 15 is 0 Å². The third-order valence-electron chi connectivity index (χ3n) is 4.31.